The fourth-order valence-corrected chi connectivity index (χ4v) is 6.40. The van der Waals surface area contributed by atoms with E-state index in [0.717, 1.165) is 70.9 Å². The predicted octanol–water partition coefficient (Wildman–Crippen LogP) is 12.2. The lowest BCUT2D eigenvalue weighted by Gasteiger charge is -2.21. The van der Waals surface area contributed by atoms with Crippen LogP contribution in [0.5, 0.6) is 0 Å². The van der Waals surface area contributed by atoms with E-state index in [4.69, 9.17) is 14.2 Å². The summed E-state index contributed by atoms with van der Waals surface area (Å²) in [4.78, 5) is 27.1. The summed E-state index contributed by atoms with van der Waals surface area (Å²) in [7, 11) is 2.20. The Morgan fingerprint density at radius 1 is 0.540 bits per heavy atom. The molecule has 0 fully saturated rings. The fraction of sp³-hybridized carbons (Fsp3) is 0.955. The summed E-state index contributed by atoms with van der Waals surface area (Å²) in [5.74, 6) is 2.71. The lowest BCUT2D eigenvalue weighted by atomic mass is 9.89. The van der Waals surface area contributed by atoms with Crippen LogP contribution in [0.25, 0.3) is 0 Å². The van der Waals surface area contributed by atoms with E-state index in [1.807, 2.05) is 0 Å². The van der Waals surface area contributed by atoms with E-state index in [-0.39, 0.29) is 11.9 Å². The van der Waals surface area contributed by atoms with Crippen LogP contribution in [0.15, 0.2) is 0 Å². The minimum atomic E-state index is -0.0224. The summed E-state index contributed by atoms with van der Waals surface area (Å²) in [6.07, 6.45) is 23.0. The van der Waals surface area contributed by atoms with E-state index >= 15 is 0 Å². The van der Waals surface area contributed by atoms with Crippen LogP contribution in [-0.4, -0.2) is 62.4 Å². The Kier molecular flexibility index (Phi) is 31.8. The molecule has 0 aromatic rings. The maximum absolute atomic E-state index is 12.4. The molecule has 0 saturated heterocycles. The Labute approximate surface area is 312 Å². The molecule has 0 bridgehead atoms. The van der Waals surface area contributed by atoms with Gasteiger partial charge in [-0.05, 0) is 108 Å². The lowest BCUT2D eigenvalue weighted by molar-refractivity contribution is -0.146. The first-order chi connectivity index (χ1) is 23.9. The number of rotatable bonds is 35. The Hall–Kier alpha value is -1.14. The molecule has 0 N–H and O–H groups in total. The molecule has 0 heterocycles. The molecule has 298 valence electrons. The third-order valence-electron chi connectivity index (χ3n) is 10.8. The molecule has 3 unspecified atom stereocenters. The van der Waals surface area contributed by atoms with Gasteiger partial charge in [0.15, 0.2) is 0 Å². The fourth-order valence-electron chi connectivity index (χ4n) is 6.40. The molecule has 0 aromatic carbocycles. The molecule has 6 nitrogen and oxygen atoms in total. The zero-order valence-corrected chi connectivity index (χ0v) is 35.2. The highest BCUT2D eigenvalue weighted by Crippen LogP contribution is 2.22. The molecule has 50 heavy (non-hydrogen) atoms. The molecule has 0 amide bonds. The van der Waals surface area contributed by atoms with Crippen molar-refractivity contribution in [1.29, 1.82) is 0 Å². The van der Waals surface area contributed by atoms with Gasteiger partial charge >= 0.3 is 11.9 Å². The lowest BCUT2D eigenvalue weighted by Crippen LogP contribution is -2.27. The average molecular weight is 710 g/mol. The van der Waals surface area contributed by atoms with Crippen molar-refractivity contribution in [2.45, 2.75) is 209 Å². The maximum Gasteiger partial charge on any atom is 0.305 e. The zero-order chi connectivity index (χ0) is 37.6. The van der Waals surface area contributed by atoms with E-state index < -0.39 is 0 Å². The van der Waals surface area contributed by atoms with Crippen molar-refractivity contribution in [3.8, 4) is 0 Å². The van der Waals surface area contributed by atoms with Crippen molar-refractivity contribution >= 4 is 11.9 Å². The van der Waals surface area contributed by atoms with E-state index in [2.05, 4.69) is 74.3 Å². The van der Waals surface area contributed by atoms with Crippen LogP contribution in [-0.2, 0) is 23.8 Å². The van der Waals surface area contributed by atoms with Crippen molar-refractivity contribution in [1.82, 2.24) is 4.90 Å². The molecular weight excluding hydrogens is 622 g/mol. The van der Waals surface area contributed by atoms with Crippen LogP contribution in [0, 0.1) is 29.6 Å². The second-order valence-corrected chi connectivity index (χ2v) is 16.9. The van der Waals surface area contributed by atoms with Crippen molar-refractivity contribution in [3.05, 3.63) is 0 Å². The maximum atomic E-state index is 12.4. The van der Waals surface area contributed by atoms with Crippen molar-refractivity contribution in [2.24, 2.45) is 29.6 Å². The molecule has 6 heteroatoms. The Balaban J connectivity index is 4.33. The molecule has 0 radical (unpaired) electrons. The smallest absolute Gasteiger partial charge is 0.305 e. The monoisotopic (exact) mass is 710 g/mol. The number of carbonyl (C=O) groups is 2. The first-order valence-corrected chi connectivity index (χ1v) is 21.5. The third kappa shape index (κ3) is 29.4. The van der Waals surface area contributed by atoms with Gasteiger partial charge in [0.1, 0.15) is 0 Å². The molecule has 0 aliphatic carbocycles. The minimum absolute atomic E-state index is 0.0209. The van der Waals surface area contributed by atoms with E-state index in [1.54, 1.807) is 0 Å². The first kappa shape index (κ1) is 48.9. The van der Waals surface area contributed by atoms with E-state index in [9.17, 15) is 9.59 Å². The number of esters is 2. The molecular formula is C44H87NO5. The average Bonchev–Trinajstić information content (AvgIpc) is 3.06. The Bertz CT molecular complexity index is 782. The van der Waals surface area contributed by atoms with Gasteiger partial charge in [-0.1, -0.05) is 119 Å². The quantitative estimate of drug-likeness (QED) is 0.0482. The van der Waals surface area contributed by atoms with E-state index in [0.29, 0.717) is 67.8 Å². The van der Waals surface area contributed by atoms with Crippen LogP contribution >= 0.6 is 0 Å². The van der Waals surface area contributed by atoms with Gasteiger partial charge in [0.05, 0.1) is 19.3 Å². The van der Waals surface area contributed by atoms with Crippen LogP contribution in [0.3, 0.4) is 0 Å². The van der Waals surface area contributed by atoms with Gasteiger partial charge in [-0.25, -0.2) is 0 Å². The molecule has 0 spiro atoms. The van der Waals surface area contributed by atoms with Crippen molar-refractivity contribution < 1.29 is 23.8 Å². The van der Waals surface area contributed by atoms with Crippen LogP contribution in [0.4, 0.5) is 0 Å². The number of hydrogen-bond acceptors (Lipinski definition) is 6. The number of nitrogens with zero attached hydrogens (tertiary/aromatic N) is 1. The Morgan fingerprint density at radius 3 is 1.48 bits per heavy atom. The summed E-state index contributed by atoms with van der Waals surface area (Å²) < 4.78 is 17.8. The molecule has 0 aromatic heterocycles. The van der Waals surface area contributed by atoms with Gasteiger partial charge in [-0.15, -0.1) is 0 Å². The van der Waals surface area contributed by atoms with Crippen molar-refractivity contribution in [3.63, 3.8) is 0 Å². The van der Waals surface area contributed by atoms with Gasteiger partial charge in [0.25, 0.3) is 0 Å². The largest absolute Gasteiger partial charge is 0.465 e. The molecule has 0 aliphatic rings. The number of carbonyl (C=O) groups excluding carboxylic acids is 2. The van der Waals surface area contributed by atoms with Crippen LogP contribution in [0.2, 0.25) is 0 Å². The molecule has 3 atom stereocenters. The SMILES string of the molecule is CCCCC(COC(=O)CCCCCCCC(CCCCCCCC(=O)OCC(CCC(C)C)C(C)C)OCCCCN(C)C(C)C)C(C)C. The first-order valence-electron chi connectivity index (χ1n) is 21.5. The zero-order valence-electron chi connectivity index (χ0n) is 35.2. The van der Waals surface area contributed by atoms with Gasteiger partial charge < -0.3 is 19.1 Å². The van der Waals surface area contributed by atoms with E-state index in [1.165, 1.54) is 64.2 Å². The Morgan fingerprint density at radius 2 is 1.02 bits per heavy atom. The highest BCUT2D eigenvalue weighted by atomic mass is 16.5. The number of hydrogen-bond donors (Lipinski definition) is 0. The number of ether oxygens (including phenoxy) is 3. The van der Waals surface area contributed by atoms with Crippen molar-refractivity contribution in [2.75, 3.05) is 33.4 Å². The number of unbranched alkanes of at least 4 members (excludes halogenated alkanes) is 10. The predicted molar refractivity (Wildman–Crippen MR) is 214 cm³/mol. The normalized spacial score (nSPS) is 13.9. The summed E-state index contributed by atoms with van der Waals surface area (Å²) >= 11 is 0. The van der Waals surface area contributed by atoms with Gasteiger partial charge in [0.2, 0.25) is 0 Å². The van der Waals surface area contributed by atoms with Gasteiger partial charge in [0, 0.05) is 25.5 Å². The summed E-state index contributed by atoms with van der Waals surface area (Å²) in [5.41, 5.74) is 0. The summed E-state index contributed by atoms with van der Waals surface area (Å²) in [5, 5.41) is 0. The summed E-state index contributed by atoms with van der Waals surface area (Å²) in [6.45, 7) is 23.3. The highest BCUT2D eigenvalue weighted by molar-refractivity contribution is 5.69. The second kappa shape index (κ2) is 32.5. The van der Waals surface area contributed by atoms with Crippen LogP contribution in [0.1, 0.15) is 197 Å². The standard InChI is InChI=1S/C44H87NO5/c1-11-12-25-40(37(4)5)34-49-43(46)28-21-17-13-15-19-26-42(48-33-24-23-32-45(10)39(8)9)27-20-16-14-18-22-29-44(47)50-35-41(38(6)7)31-30-36(2)3/h36-42H,11-35H2,1-10H3. The van der Waals surface area contributed by atoms with Gasteiger partial charge in [-0.3, -0.25) is 9.59 Å². The third-order valence-corrected chi connectivity index (χ3v) is 10.8. The van der Waals surface area contributed by atoms with Gasteiger partial charge in [-0.2, -0.15) is 0 Å². The second-order valence-electron chi connectivity index (χ2n) is 16.9. The highest BCUT2D eigenvalue weighted by Gasteiger charge is 2.17. The molecule has 0 saturated carbocycles. The molecule has 0 aliphatic heterocycles. The molecule has 0 rings (SSSR count). The minimum Gasteiger partial charge on any atom is -0.465 e. The topological polar surface area (TPSA) is 65.1 Å². The van der Waals surface area contributed by atoms with Crippen LogP contribution < -0.4 is 0 Å². The summed E-state index contributed by atoms with van der Waals surface area (Å²) in [6, 6.07) is 0.588.